The van der Waals surface area contributed by atoms with Gasteiger partial charge in [0.25, 0.3) is 0 Å². The number of nitrogens with zero attached hydrogens (tertiary/aromatic N) is 2. The highest BCUT2D eigenvalue weighted by Crippen LogP contribution is 2.54. The first-order valence-corrected chi connectivity index (χ1v) is 26.8. The summed E-state index contributed by atoms with van der Waals surface area (Å²) in [7, 11) is 0. The smallest absolute Gasteiger partial charge is 0.0561 e. The molecule has 0 spiro atoms. The van der Waals surface area contributed by atoms with E-state index in [1.807, 2.05) is 0 Å². The molecule has 76 heavy (non-hydrogen) atoms. The number of anilines is 6. The number of rotatable bonds is 10. The number of para-hydroxylation sites is 2. The van der Waals surface area contributed by atoms with Gasteiger partial charge in [0, 0.05) is 38.7 Å². The number of hydrogen-bond acceptors (Lipinski definition) is 2. The summed E-state index contributed by atoms with van der Waals surface area (Å²) >= 11 is 0. The largest absolute Gasteiger partial charge is 0.309 e. The maximum Gasteiger partial charge on any atom is 0.0561 e. The van der Waals surface area contributed by atoms with E-state index in [1.54, 1.807) is 0 Å². The van der Waals surface area contributed by atoms with Gasteiger partial charge in [-0.2, -0.15) is 0 Å². The average molecular weight is 981 g/mol. The lowest BCUT2D eigenvalue weighted by molar-refractivity contribution is 0.591. The van der Waals surface area contributed by atoms with Crippen LogP contribution in [0.4, 0.5) is 34.1 Å². The van der Waals surface area contributed by atoms with E-state index in [-0.39, 0.29) is 5.41 Å². The minimum atomic E-state index is -0.0350. The van der Waals surface area contributed by atoms with Crippen LogP contribution < -0.4 is 9.80 Å². The van der Waals surface area contributed by atoms with Gasteiger partial charge in [-0.25, -0.2) is 0 Å². The summed E-state index contributed by atoms with van der Waals surface area (Å²) in [5, 5.41) is 7.41. The van der Waals surface area contributed by atoms with Crippen LogP contribution in [0, 0.1) is 41.5 Å². The van der Waals surface area contributed by atoms with Crippen LogP contribution in [0.25, 0.3) is 76.8 Å². The molecule has 12 aromatic carbocycles. The summed E-state index contributed by atoms with van der Waals surface area (Å²) in [6.07, 6.45) is 0. The van der Waals surface area contributed by atoms with Crippen molar-refractivity contribution in [3.8, 4) is 44.5 Å². The van der Waals surface area contributed by atoms with Crippen molar-refractivity contribution in [1.82, 2.24) is 0 Å². The Bertz CT molecular complexity index is 3860. The predicted octanol–water partition coefficient (Wildman–Crippen LogP) is 21.3. The van der Waals surface area contributed by atoms with Crippen molar-refractivity contribution in [3.63, 3.8) is 0 Å². The van der Waals surface area contributed by atoms with E-state index in [1.165, 1.54) is 93.5 Å². The zero-order valence-corrected chi connectivity index (χ0v) is 45.3. The Morgan fingerprint density at radius 1 is 0.276 bits per heavy atom. The summed E-state index contributed by atoms with van der Waals surface area (Å²) in [6.45, 7) is 20.5. The summed E-state index contributed by atoms with van der Waals surface area (Å²) in [4.78, 5) is 5.18. The van der Waals surface area contributed by atoms with Crippen molar-refractivity contribution in [3.05, 3.63) is 263 Å². The Morgan fingerprint density at radius 2 is 0.671 bits per heavy atom. The third kappa shape index (κ3) is 8.39. The van der Waals surface area contributed by atoms with Crippen molar-refractivity contribution < 1.29 is 0 Å². The molecule has 0 aliphatic carbocycles. The molecule has 0 saturated heterocycles. The first kappa shape index (κ1) is 48.2. The van der Waals surface area contributed by atoms with Gasteiger partial charge in [0.2, 0.25) is 0 Å². The third-order valence-corrected chi connectivity index (χ3v) is 15.9. The van der Waals surface area contributed by atoms with Crippen molar-refractivity contribution >= 4 is 66.4 Å². The van der Waals surface area contributed by atoms with Gasteiger partial charge in [-0.15, -0.1) is 0 Å². The molecule has 12 rings (SSSR count). The molecule has 0 atom stereocenters. The van der Waals surface area contributed by atoms with Gasteiger partial charge in [0.1, 0.15) is 0 Å². The van der Waals surface area contributed by atoms with Crippen molar-refractivity contribution in [2.24, 2.45) is 0 Å². The zero-order chi connectivity index (χ0) is 52.4. The number of benzene rings is 12. The fraction of sp³-hybridized carbons (Fsp3) is 0.135. The lowest BCUT2D eigenvalue weighted by atomic mass is 9.83. The van der Waals surface area contributed by atoms with E-state index in [0.29, 0.717) is 0 Å². The van der Waals surface area contributed by atoms with Crippen molar-refractivity contribution in [2.45, 2.75) is 67.7 Å². The highest BCUT2D eigenvalue weighted by Gasteiger charge is 2.29. The molecule has 0 radical (unpaired) electrons. The SMILES string of the molecule is Cc1ccc(-c2c(C)cccc2C)cc1N(c1ccccc1-c1ccccc1)c1cc(N(c2cc(-c3c(C)cccc3C)ccc2C)c2ccccc2-c2ccccc2)c2ccc3cc(C(C)(C)C)cc4ccc1c2c43. The minimum Gasteiger partial charge on any atom is -0.309 e. The lowest BCUT2D eigenvalue weighted by Gasteiger charge is -2.35. The van der Waals surface area contributed by atoms with E-state index in [9.17, 15) is 0 Å². The molecule has 0 saturated carbocycles. The molecule has 0 aliphatic heterocycles. The molecule has 0 aliphatic rings. The zero-order valence-electron chi connectivity index (χ0n) is 45.3. The Hall–Kier alpha value is -8.72. The molecule has 0 N–H and O–H groups in total. The third-order valence-electron chi connectivity index (χ3n) is 15.9. The summed E-state index contributed by atoms with van der Waals surface area (Å²) in [6, 6.07) is 84.2. The Kier molecular flexibility index (Phi) is 12.2. The number of hydrogen-bond donors (Lipinski definition) is 0. The topological polar surface area (TPSA) is 6.48 Å². The molecular weight excluding hydrogens is 917 g/mol. The van der Waals surface area contributed by atoms with Crippen LogP contribution in [0.5, 0.6) is 0 Å². The molecule has 0 aromatic heterocycles. The fourth-order valence-electron chi connectivity index (χ4n) is 12.1. The maximum absolute atomic E-state index is 2.59. The first-order chi connectivity index (χ1) is 36.8. The molecule has 0 bridgehead atoms. The van der Waals surface area contributed by atoms with Gasteiger partial charge < -0.3 is 9.80 Å². The second-order valence-electron chi connectivity index (χ2n) is 22.0. The fourth-order valence-corrected chi connectivity index (χ4v) is 12.1. The normalized spacial score (nSPS) is 11.8. The van der Waals surface area contributed by atoms with E-state index >= 15 is 0 Å². The maximum atomic E-state index is 2.59. The Labute approximate surface area is 449 Å². The Morgan fingerprint density at radius 3 is 1.08 bits per heavy atom. The average Bonchev–Trinajstić information content (AvgIpc) is 3.43. The molecule has 0 heterocycles. The molecule has 0 fully saturated rings. The van der Waals surface area contributed by atoms with E-state index in [2.05, 4.69) is 297 Å². The van der Waals surface area contributed by atoms with Crippen LogP contribution in [-0.2, 0) is 5.41 Å². The molecule has 12 aromatic rings. The van der Waals surface area contributed by atoms with E-state index in [0.717, 1.165) is 56.4 Å². The quantitative estimate of drug-likeness (QED) is 0.126. The lowest BCUT2D eigenvalue weighted by Crippen LogP contribution is -2.17. The van der Waals surface area contributed by atoms with E-state index < -0.39 is 0 Å². The summed E-state index contributed by atoms with van der Waals surface area (Å²) in [5.41, 5.74) is 25.0. The first-order valence-electron chi connectivity index (χ1n) is 26.8. The molecule has 2 heteroatoms. The minimum absolute atomic E-state index is 0.0350. The summed E-state index contributed by atoms with van der Waals surface area (Å²) < 4.78 is 0. The van der Waals surface area contributed by atoms with Gasteiger partial charge in [0.15, 0.2) is 0 Å². The molecule has 370 valence electrons. The molecule has 0 unspecified atom stereocenters. The molecule has 2 nitrogen and oxygen atoms in total. The summed E-state index contributed by atoms with van der Waals surface area (Å²) in [5.74, 6) is 0. The molecule has 0 amide bonds. The van der Waals surface area contributed by atoms with Crippen LogP contribution in [0.3, 0.4) is 0 Å². The van der Waals surface area contributed by atoms with Gasteiger partial charge in [-0.1, -0.05) is 215 Å². The Balaban J connectivity index is 1.27. The van der Waals surface area contributed by atoms with E-state index in [4.69, 9.17) is 0 Å². The van der Waals surface area contributed by atoms with Gasteiger partial charge in [-0.3, -0.25) is 0 Å². The van der Waals surface area contributed by atoms with Crippen molar-refractivity contribution in [1.29, 1.82) is 0 Å². The van der Waals surface area contributed by atoms with Crippen LogP contribution in [-0.4, -0.2) is 0 Å². The monoisotopic (exact) mass is 981 g/mol. The van der Waals surface area contributed by atoms with Crippen LogP contribution in [0.1, 0.15) is 59.7 Å². The molecular formula is C74H64N2. The standard InChI is InChI=1S/C74H64N2/c1-47-34-36-57(70-49(3)22-20-23-50(70)4)44-66(47)75(64-32-18-16-30-60(64)53-26-12-10-13-27-53)68-46-69(63-41-39-56-43-59(74(7,8)9)42-55-38-40-62(68)73(63)72(55)56)76(65-33-19-17-31-61(65)54-28-14-11-15-29-54)67-45-58(37-35-48(67)2)71-51(5)24-21-25-52(71)6/h10-46H,1-9H3. The van der Waals surface area contributed by atoms with Crippen LogP contribution in [0.15, 0.2) is 224 Å². The van der Waals surface area contributed by atoms with Gasteiger partial charge >= 0.3 is 0 Å². The van der Waals surface area contributed by atoms with Crippen LogP contribution >= 0.6 is 0 Å². The highest BCUT2D eigenvalue weighted by molar-refractivity contribution is 6.29. The highest BCUT2D eigenvalue weighted by atomic mass is 15.2. The second-order valence-corrected chi connectivity index (χ2v) is 22.0. The van der Waals surface area contributed by atoms with Crippen LogP contribution in [0.2, 0.25) is 0 Å². The number of aryl methyl sites for hydroxylation is 6. The van der Waals surface area contributed by atoms with Gasteiger partial charge in [0.05, 0.1) is 22.7 Å². The second kappa shape index (κ2) is 19.2. The van der Waals surface area contributed by atoms with Crippen molar-refractivity contribution in [2.75, 3.05) is 9.80 Å². The predicted molar refractivity (Wildman–Crippen MR) is 328 cm³/mol. The van der Waals surface area contributed by atoms with Gasteiger partial charge in [-0.05, 0) is 166 Å².